The Bertz CT molecular complexity index is 745. The Morgan fingerprint density at radius 3 is 2.55 bits per heavy atom. The summed E-state index contributed by atoms with van der Waals surface area (Å²) in [7, 11) is 1.56. The number of hydrogen-bond donors (Lipinski definition) is 1. The summed E-state index contributed by atoms with van der Waals surface area (Å²) in [4.78, 5) is 29.2. The van der Waals surface area contributed by atoms with E-state index in [-0.39, 0.29) is 5.56 Å². The Hall–Kier alpha value is -2.64. The van der Waals surface area contributed by atoms with E-state index in [2.05, 4.69) is 10.1 Å². The predicted octanol–water partition coefficient (Wildman–Crippen LogP) is 1.51. The van der Waals surface area contributed by atoms with Crippen LogP contribution in [0.2, 0.25) is 0 Å². The van der Waals surface area contributed by atoms with E-state index in [1.807, 2.05) is 0 Å². The lowest BCUT2D eigenvalue weighted by molar-refractivity contribution is 0.0587. The summed E-state index contributed by atoms with van der Waals surface area (Å²) >= 11 is 0. The first-order valence-electron chi connectivity index (χ1n) is 6.72. The van der Waals surface area contributed by atoms with Gasteiger partial charge < -0.3 is 10.5 Å². The van der Waals surface area contributed by atoms with Gasteiger partial charge in [-0.25, -0.2) is 9.78 Å². The molecule has 0 aliphatic rings. The number of anilines is 1. The summed E-state index contributed by atoms with van der Waals surface area (Å²) < 4.78 is 6.72. The van der Waals surface area contributed by atoms with Crippen LogP contribution in [0.3, 0.4) is 0 Å². The lowest BCUT2D eigenvalue weighted by Crippen LogP contribution is -2.35. The lowest BCUT2D eigenvalue weighted by atomic mass is 10.2. The molecular formula is C14H19N5O3. The van der Waals surface area contributed by atoms with Gasteiger partial charge in [0.15, 0.2) is 5.65 Å². The van der Waals surface area contributed by atoms with Gasteiger partial charge in [0.05, 0.1) is 6.20 Å². The predicted molar refractivity (Wildman–Crippen MR) is 80.9 cm³/mol. The number of nitrogens with zero attached hydrogens (tertiary/aromatic N) is 4. The lowest BCUT2D eigenvalue weighted by Gasteiger charge is -2.24. The Morgan fingerprint density at radius 1 is 1.36 bits per heavy atom. The first-order chi connectivity index (χ1) is 10.1. The molecule has 0 bridgehead atoms. The number of ether oxygens (including phenoxy) is 1. The van der Waals surface area contributed by atoms with Crippen LogP contribution in [0.1, 0.15) is 36.8 Å². The number of nitrogens with two attached hydrogens (primary N) is 1. The molecule has 2 rings (SSSR count). The molecule has 2 amide bonds. The van der Waals surface area contributed by atoms with E-state index in [9.17, 15) is 9.59 Å². The third kappa shape index (κ3) is 3.00. The van der Waals surface area contributed by atoms with Crippen molar-refractivity contribution >= 4 is 23.5 Å². The zero-order valence-electron chi connectivity index (χ0n) is 13.2. The molecule has 0 saturated heterocycles. The van der Waals surface area contributed by atoms with Crippen LogP contribution in [0.15, 0.2) is 12.3 Å². The second kappa shape index (κ2) is 5.28. The smallest absolute Gasteiger partial charge is 0.415 e. The fraction of sp³-hybridized carbons (Fsp3) is 0.429. The van der Waals surface area contributed by atoms with Gasteiger partial charge in [-0.1, -0.05) is 0 Å². The maximum atomic E-state index is 12.2. The van der Waals surface area contributed by atoms with Crippen molar-refractivity contribution in [3.8, 4) is 0 Å². The van der Waals surface area contributed by atoms with Crippen molar-refractivity contribution in [2.24, 2.45) is 5.73 Å². The fourth-order valence-electron chi connectivity index (χ4n) is 1.90. The van der Waals surface area contributed by atoms with Crippen LogP contribution >= 0.6 is 0 Å². The van der Waals surface area contributed by atoms with Crippen molar-refractivity contribution < 1.29 is 14.3 Å². The molecule has 0 unspecified atom stereocenters. The average molecular weight is 305 g/mol. The third-order valence-electron chi connectivity index (χ3n) is 2.86. The fourth-order valence-corrected chi connectivity index (χ4v) is 1.90. The number of hydrogen-bond acceptors (Lipinski definition) is 5. The maximum Gasteiger partial charge on any atom is 0.415 e. The van der Waals surface area contributed by atoms with Crippen LogP contribution in [0.4, 0.5) is 10.6 Å². The third-order valence-corrected chi connectivity index (χ3v) is 2.86. The minimum atomic E-state index is -0.626. The Balaban J connectivity index is 2.51. The number of fused-ring (bicyclic) bond motifs is 1. The molecule has 2 aromatic heterocycles. The Labute approximate surface area is 127 Å². The highest BCUT2D eigenvalue weighted by molar-refractivity contribution is 5.99. The summed E-state index contributed by atoms with van der Waals surface area (Å²) in [5.74, 6) is -0.191. The van der Waals surface area contributed by atoms with E-state index < -0.39 is 17.6 Å². The van der Waals surface area contributed by atoms with E-state index in [0.29, 0.717) is 17.2 Å². The second-order valence-electron chi connectivity index (χ2n) is 5.95. The molecule has 8 nitrogen and oxygen atoms in total. The van der Waals surface area contributed by atoms with Gasteiger partial charge in [0.25, 0.3) is 5.91 Å². The zero-order chi connectivity index (χ0) is 16.7. The van der Waals surface area contributed by atoms with Gasteiger partial charge in [0.1, 0.15) is 17.0 Å². The van der Waals surface area contributed by atoms with Crippen LogP contribution in [0.25, 0.3) is 5.65 Å². The molecule has 0 saturated carbocycles. The zero-order valence-corrected chi connectivity index (χ0v) is 13.2. The number of carbonyl (C=O) groups is 2. The summed E-state index contributed by atoms with van der Waals surface area (Å²) in [5, 5.41) is 4.08. The van der Waals surface area contributed by atoms with Gasteiger partial charge >= 0.3 is 6.09 Å². The molecule has 0 radical (unpaired) electrons. The largest absolute Gasteiger partial charge is 0.443 e. The molecular weight excluding hydrogens is 286 g/mol. The van der Waals surface area contributed by atoms with E-state index in [1.54, 1.807) is 40.8 Å². The number of aromatic nitrogens is 3. The number of aryl methyl sites for hydroxylation is 1. The molecule has 0 aliphatic carbocycles. The molecule has 0 aromatic carbocycles. The maximum absolute atomic E-state index is 12.2. The van der Waals surface area contributed by atoms with E-state index in [0.717, 1.165) is 0 Å². The highest BCUT2D eigenvalue weighted by Gasteiger charge is 2.24. The number of primary amides is 1. The molecule has 118 valence electrons. The molecule has 2 aromatic rings. The Morgan fingerprint density at radius 2 is 2.00 bits per heavy atom. The van der Waals surface area contributed by atoms with Crippen LogP contribution in [-0.2, 0) is 4.74 Å². The van der Waals surface area contributed by atoms with E-state index in [4.69, 9.17) is 10.5 Å². The van der Waals surface area contributed by atoms with Gasteiger partial charge in [-0.3, -0.25) is 9.69 Å². The number of rotatable bonds is 2. The van der Waals surface area contributed by atoms with Crippen molar-refractivity contribution in [2.75, 3.05) is 11.9 Å². The normalized spacial score (nSPS) is 11.5. The van der Waals surface area contributed by atoms with Gasteiger partial charge in [-0.2, -0.15) is 9.61 Å². The highest BCUT2D eigenvalue weighted by Crippen LogP contribution is 2.20. The van der Waals surface area contributed by atoms with Crippen LogP contribution in [0, 0.1) is 6.92 Å². The van der Waals surface area contributed by atoms with Crippen molar-refractivity contribution in [1.82, 2.24) is 14.6 Å². The minimum Gasteiger partial charge on any atom is -0.443 e. The molecule has 8 heteroatoms. The number of amides is 2. The molecule has 0 atom stereocenters. The van der Waals surface area contributed by atoms with Gasteiger partial charge in [-0.15, -0.1) is 0 Å². The molecule has 2 heterocycles. The van der Waals surface area contributed by atoms with Crippen LogP contribution < -0.4 is 10.6 Å². The monoisotopic (exact) mass is 305 g/mol. The summed E-state index contributed by atoms with van der Waals surface area (Å²) in [6.07, 6.45) is 0.798. The van der Waals surface area contributed by atoms with Gasteiger partial charge in [0, 0.05) is 18.8 Å². The van der Waals surface area contributed by atoms with Gasteiger partial charge in [0.2, 0.25) is 0 Å². The molecule has 0 aliphatic heterocycles. The molecule has 22 heavy (non-hydrogen) atoms. The van der Waals surface area contributed by atoms with Crippen LogP contribution in [-0.4, -0.2) is 39.2 Å². The topological polar surface area (TPSA) is 103 Å². The average Bonchev–Trinajstić information content (AvgIpc) is 2.78. The van der Waals surface area contributed by atoms with Crippen molar-refractivity contribution in [3.63, 3.8) is 0 Å². The quantitative estimate of drug-likeness (QED) is 0.905. The SMILES string of the molecule is Cc1cc(N(C)C(=O)OC(C)(C)C)n2ncc(C(N)=O)c2n1. The Kier molecular flexibility index (Phi) is 3.78. The second-order valence-corrected chi connectivity index (χ2v) is 5.95. The first kappa shape index (κ1) is 15.7. The van der Waals surface area contributed by atoms with E-state index >= 15 is 0 Å². The molecule has 2 N–H and O–H groups in total. The van der Waals surface area contributed by atoms with Crippen molar-refractivity contribution in [3.05, 3.63) is 23.5 Å². The van der Waals surface area contributed by atoms with E-state index in [1.165, 1.54) is 15.6 Å². The molecule has 0 spiro atoms. The summed E-state index contributed by atoms with van der Waals surface area (Å²) in [6.45, 7) is 7.10. The standard InChI is InChI=1S/C14H19N5O3/c1-8-6-10(18(5)13(21)22-14(2,3)4)19-12(17-8)9(7-16-19)11(15)20/h6-7H,1-5H3,(H2,15,20). The summed E-state index contributed by atoms with van der Waals surface area (Å²) in [5.41, 5.74) is 5.82. The highest BCUT2D eigenvalue weighted by atomic mass is 16.6. The van der Waals surface area contributed by atoms with Crippen LogP contribution in [0.5, 0.6) is 0 Å². The molecule has 0 fully saturated rings. The first-order valence-corrected chi connectivity index (χ1v) is 6.72. The van der Waals surface area contributed by atoms with Gasteiger partial charge in [-0.05, 0) is 27.7 Å². The number of carbonyl (C=O) groups excluding carboxylic acids is 2. The van der Waals surface area contributed by atoms with Crippen molar-refractivity contribution in [1.29, 1.82) is 0 Å². The summed E-state index contributed by atoms with van der Waals surface area (Å²) in [6, 6.07) is 1.68. The minimum absolute atomic E-state index is 0.197. The van der Waals surface area contributed by atoms with Crippen molar-refractivity contribution in [2.45, 2.75) is 33.3 Å².